The van der Waals surface area contributed by atoms with Crippen LogP contribution in [0.25, 0.3) is 16.9 Å². The SMILES string of the molecule is O=C(c1cccc([C@H]2C[C@@H]2c2cc(-c3c[nH]c(=O)[nH]c3=O)nn3ccnc23)c1)N1CC[C@H](F)C1. The number of likely N-dealkylation sites (tertiary alicyclic amines) is 1. The van der Waals surface area contributed by atoms with Gasteiger partial charge in [-0.15, -0.1) is 0 Å². The first-order valence-corrected chi connectivity index (χ1v) is 11.2. The molecule has 6 rings (SSSR count). The summed E-state index contributed by atoms with van der Waals surface area (Å²) in [5.41, 5.74) is 2.86. The van der Waals surface area contributed by atoms with Gasteiger partial charge in [0.25, 0.3) is 11.5 Å². The average Bonchev–Trinajstić information content (AvgIpc) is 3.26. The van der Waals surface area contributed by atoms with Crippen molar-refractivity contribution in [2.75, 3.05) is 13.1 Å². The van der Waals surface area contributed by atoms with Gasteiger partial charge in [0.1, 0.15) is 6.17 Å². The molecule has 1 saturated heterocycles. The van der Waals surface area contributed by atoms with Crippen molar-refractivity contribution in [3.8, 4) is 11.3 Å². The molecule has 0 radical (unpaired) electrons. The minimum Gasteiger partial charge on any atom is -0.336 e. The van der Waals surface area contributed by atoms with Gasteiger partial charge in [0.05, 0.1) is 17.8 Å². The number of nitrogens with zero attached hydrogens (tertiary/aromatic N) is 4. The van der Waals surface area contributed by atoms with Gasteiger partial charge in [-0.2, -0.15) is 5.10 Å². The van der Waals surface area contributed by atoms with Crippen molar-refractivity contribution >= 4 is 11.6 Å². The summed E-state index contributed by atoms with van der Waals surface area (Å²) in [6, 6.07) is 9.38. The monoisotopic (exact) mass is 460 g/mol. The molecule has 1 aromatic carbocycles. The summed E-state index contributed by atoms with van der Waals surface area (Å²) in [4.78, 5) is 47.3. The highest BCUT2D eigenvalue weighted by Crippen LogP contribution is 2.55. The lowest BCUT2D eigenvalue weighted by molar-refractivity contribution is 0.0782. The number of amides is 1. The van der Waals surface area contributed by atoms with E-state index >= 15 is 0 Å². The molecule has 2 fully saturated rings. The lowest BCUT2D eigenvalue weighted by atomic mass is 10.0. The minimum atomic E-state index is -0.951. The Labute approximate surface area is 192 Å². The Kier molecular flexibility index (Phi) is 4.68. The maximum absolute atomic E-state index is 13.6. The number of carbonyl (C=O) groups is 1. The number of carbonyl (C=O) groups excluding carboxylic acids is 1. The fraction of sp³-hybridized carbons (Fsp3) is 0.292. The normalized spacial score (nSPS) is 21.8. The van der Waals surface area contributed by atoms with Crippen molar-refractivity contribution in [2.24, 2.45) is 0 Å². The van der Waals surface area contributed by atoms with Crippen molar-refractivity contribution < 1.29 is 9.18 Å². The summed E-state index contributed by atoms with van der Waals surface area (Å²) in [7, 11) is 0. The number of aromatic nitrogens is 5. The van der Waals surface area contributed by atoms with Crippen LogP contribution in [0.3, 0.4) is 0 Å². The number of imidazole rings is 1. The van der Waals surface area contributed by atoms with Crippen LogP contribution in [-0.4, -0.2) is 54.6 Å². The van der Waals surface area contributed by atoms with Gasteiger partial charge in [0.15, 0.2) is 5.65 Å². The first kappa shape index (κ1) is 20.5. The molecular weight excluding hydrogens is 439 g/mol. The number of hydrogen-bond acceptors (Lipinski definition) is 5. The van der Waals surface area contributed by atoms with Crippen molar-refractivity contribution in [2.45, 2.75) is 30.8 Å². The highest BCUT2D eigenvalue weighted by molar-refractivity contribution is 5.94. The molecule has 4 aromatic rings. The molecule has 172 valence electrons. The van der Waals surface area contributed by atoms with Crippen LogP contribution in [0.5, 0.6) is 0 Å². The molecule has 3 aromatic heterocycles. The molecule has 10 heteroatoms. The van der Waals surface area contributed by atoms with Gasteiger partial charge in [-0.3, -0.25) is 14.6 Å². The number of aromatic amines is 2. The van der Waals surface area contributed by atoms with Gasteiger partial charge < -0.3 is 9.88 Å². The molecule has 4 heterocycles. The van der Waals surface area contributed by atoms with Crippen LogP contribution in [-0.2, 0) is 0 Å². The van der Waals surface area contributed by atoms with Crippen LogP contribution in [0.1, 0.15) is 46.2 Å². The Morgan fingerprint density at radius 1 is 1.18 bits per heavy atom. The summed E-state index contributed by atoms with van der Waals surface area (Å²) in [6.07, 6.45) is 5.02. The first-order chi connectivity index (χ1) is 16.5. The second-order valence-electron chi connectivity index (χ2n) is 8.88. The van der Waals surface area contributed by atoms with Gasteiger partial charge in [0.2, 0.25) is 0 Å². The zero-order valence-corrected chi connectivity index (χ0v) is 18.1. The number of benzene rings is 1. The molecule has 0 unspecified atom stereocenters. The summed E-state index contributed by atoms with van der Waals surface area (Å²) in [6.45, 7) is 0.592. The molecule has 34 heavy (non-hydrogen) atoms. The molecule has 1 aliphatic heterocycles. The van der Waals surface area contributed by atoms with E-state index < -0.39 is 17.4 Å². The van der Waals surface area contributed by atoms with Crippen LogP contribution in [0, 0.1) is 0 Å². The first-order valence-electron chi connectivity index (χ1n) is 11.2. The van der Waals surface area contributed by atoms with Crippen molar-refractivity contribution in [3.05, 3.63) is 86.5 Å². The van der Waals surface area contributed by atoms with E-state index in [2.05, 4.69) is 20.1 Å². The largest absolute Gasteiger partial charge is 0.336 e. The third kappa shape index (κ3) is 3.51. The quantitative estimate of drug-likeness (QED) is 0.485. The lowest BCUT2D eigenvalue weighted by Crippen LogP contribution is -2.28. The number of fused-ring (bicyclic) bond motifs is 1. The molecular formula is C24H21FN6O3. The Morgan fingerprint density at radius 3 is 2.85 bits per heavy atom. The minimum absolute atomic E-state index is 0.140. The Hall–Kier alpha value is -4.08. The van der Waals surface area contributed by atoms with E-state index in [0.29, 0.717) is 29.9 Å². The molecule has 0 bridgehead atoms. The lowest BCUT2D eigenvalue weighted by Gasteiger charge is -2.15. The maximum Gasteiger partial charge on any atom is 0.325 e. The summed E-state index contributed by atoms with van der Waals surface area (Å²) in [5, 5.41) is 4.48. The van der Waals surface area contributed by atoms with Crippen LogP contribution in [0.15, 0.2) is 58.5 Å². The fourth-order valence-corrected chi connectivity index (χ4v) is 4.84. The van der Waals surface area contributed by atoms with Gasteiger partial charge in [-0.1, -0.05) is 12.1 Å². The molecule has 0 spiro atoms. The zero-order valence-electron chi connectivity index (χ0n) is 18.1. The van der Waals surface area contributed by atoms with Crippen molar-refractivity contribution in [1.82, 2.24) is 29.5 Å². The third-order valence-electron chi connectivity index (χ3n) is 6.65. The molecule has 9 nitrogen and oxygen atoms in total. The Balaban J connectivity index is 1.33. The second kappa shape index (κ2) is 7.75. The molecule has 2 aliphatic rings. The number of nitrogens with one attached hydrogen (secondary N) is 2. The van der Waals surface area contributed by atoms with E-state index in [0.717, 1.165) is 17.5 Å². The van der Waals surface area contributed by atoms with E-state index in [4.69, 9.17) is 0 Å². The highest BCUT2D eigenvalue weighted by atomic mass is 19.1. The second-order valence-corrected chi connectivity index (χ2v) is 8.88. The smallest absolute Gasteiger partial charge is 0.325 e. The summed E-state index contributed by atoms with van der Waals surface area (Å²) >= 11 is 0. The van der Waals surface area contributed by atoms with Crippen LogP contribution in [0.4, 0.5) is 4.39 Å². The van der Waals surface area contributed by atoms with Crippen LogP contribution < -0.4 is 11.2 Å². The molecule has 1 amide bonds. The fourth-order valence-electron chi connectivity index (χ4n) is 4.84. The Bertz CT molecular complexity index is 1540. The third-order valence-corrected chi connectivity index (χ3v) is 6.65. The van der Waals surface area contributed by atoms with Crippen LogP contribution >= 0.6 is 0 Å². The van der Waals surface area contributed by atoms with Gasteiger partial charge in [-0.05, 0) is 48.4 Å². The molecule has 3 atom stereocenters. The topological polar surface area (TPSA) is 116 Å². The molecule has 1 saturated carbocycles. The van der Waals surface area contributed by atoms with E-state index in [1.165, 1.54) is 6.20 Å². The number of hydrogen-bond donors (Lipinski definition) is 2. The maximum atomic E-state index is 13.6. The number of halogens is 1. The van der Waals surface area contributed by atoms with Gasteiger partial charge in [0, 0.05) is 36.3 Å². The molecule has 1 aliphatic carbocycles. The standard InChI is InChI=1S/C24H21FN6O3/c25-15-4-6-30(12-15)23(33)14-3-1-2-13(8-14)16-9-17(16)18-10-20(29-31-7-5-26-21(18)31)19-11-27-24(34)28-22(19)32/h1-3,5,7-8,10-11,15-17H,4,6,9,12H2,(H2,27,28,32,34)/t15-,16+,17-/m0/s1. The summed E-state index contributed by atoms with van der Waals surface area (Å²) in [5.74, 6) is 0.184. The zero-order chi connectivity index (χ0) is 23.4. The highest BCUT2D eigenvalue weighted by Gasteiger charge is 2.41. The predicted octanol–water partition coefficient (Wildman–Crippen LogP) is 2.23. The van der Waals surface area contributed by atoms with Crippen LogP contribution in [0.2, 0.25) is 0 Å². The van der Waals surface area contributed by atoms with Crippen molar-refractivity contribution in [3.63, 3.8) is 0 Å². The predicted molar refractivity (Wildman–Crippen MR) is 122 cm³/mol. The number of alkyl halides is 1. The summed E-state index contributed by atoms with van der Waals surface area (Å²) < 4.78 is 15.2. The van der Waals surface area contributed by atoms with Crippen molar-refractivity contribution in [1.29, 1.82) is 0 Å². The Morgan fingerprint density at radius 2 is 2.06 bits per heavy atom. The van der Waals surface area contributed by atoms with Gasteiger partial charge in [-0.25, -0.2) is 18.7 Å². The van der Waals surface area contributed by atoms with Gasteiger partial charge >= 0.3 is 5.69 Å². The van der Waals surface area contributed by atoms with E-state index in [1.54, 1.807) is 27.9 Å². The number of H-pyrrole nitrogens is 2. The van der Waals surface area contributed by atoms with E-state index in [-0.39, 0.29) is 29.9 Å². The molecule has 2 N–H and O–H groups in total. The van der Waals surface area contributed by atoms with E-state index in [1.807, 2.05) is 24.3 Å². The average molecular weight is 460 g/mol. The van der Waals surface area contributed by atoms with E-state index in [9.17, 15) is 18.8 Å². The number of rotatable bonds is 4.